The van der Waals surface area contributed by atoms with E-state index in [4.69, 9.17) is 27.6 Å². The minimum Gasteiger partial charge on any atom is -0.413 e. The zero-order chi connectivity index (χ0) is 13.9. The van der Waals surface area contributed by atoms with E-state index in [-0.39, 0.29) is 39.5 Å². The fraction of sp³-hybridized carbons (Fsp3) is 0.923. The van der Waals surface area contributed by atoms with Gasteiger partial charge in [-0.05, 0) is 18.1 Å². The number of ketones is 1. The molecule has 0 aromatic carbocycles. The van der Waals surface area contributed by atoms with Crippen molar-refractivity contribution in [3.05, 3.63) is 0 Å². The standard InChI is InChI=1S/C13H22Cl2O2Si/c1-13(2,3)18(4,5)17-8-6-7(16)9-10(8)12(15)11(9)14/h8-12H,6H2,1-5H3/t8-,9-,10+,11?,12?/m0/s1. The van der Waals surface area contributed by atoms with Gasteiger partial charge in [-0.1, -0.05) is 20.8 Å². The summed E-state index contributed by atoms with van der Waals surface area (Å²) in [5.74, 6) is 0.306. The summed E-state index contributed by atoms with van der Waals surface area (Å²) in [5.41, 5.74) is 0. The molecule has 0 saturated heterocycles. The molecule has 2 aliphatic rings. The summed E-state index contributed by atoms with van der Waals surface area (Å²) in [6.45, 7) is 11.0. The van der Waals surface area contributed by atoms with Crippen molar-refractivity contribution < 1.29 is 9.22 Å². The van der Waals surface area contributed by atoms with E-state index in [0.29, 0.717) is 6.42 Å². The molecule has 5 heteroatoms. The summed E-state index contributed by atoms with van der Waals surface area (Å²) in [4.78, 5) is 11.9. The Hall–Kier alpha value is 0.427. The van der Waals surface area contributed by atoms with E-state index in [0.717, 1.165) is 0 Å². The molecule has 104 valence electrons. The third kappa shape index (κ3) is 2.17. The Kier molecular flexibility index (Phi) is 3.68. The Bertz CT molecular complexity index is 364. The van der Waals surface area contributed by atoms with Crippen LogP contribution in [0.2, 0.25) is 18.1 Å². The van der Waals surface area contributed by atoms with Crippen molar-refractivity contribution in [2.75, 3.05) is 0 Å². The lowest BCUT2D eigenvalue weighted by atomic mass is 9.74. The molecule has 0 bridgehead atoms. The van der Waals surface area contributed by atoms with Gasteiger partial charge in [0.15, 0.2) is 8.32 Å². The predicted molar refractivity (Wildman–Crippen MR) is 78.0 cm³/mol. The molecule has 0 amide bonds. The molecule has 0 aromatic rings. The van der Waals surface area contributed by atoms with Gasteiger partial charge in [0.05, 0.1) is 16.9 Å². The van der Waals surface area contributed by atoms with Gasteiger partial charge >= 0.3 is 0 Å². The van der Waals surface area contributed by atoms with Crippen LogP contribution in [0.15, 0.2) is 0 Å². The highest BCUT2D eigenvalue weighted by molar-refractivity contribution is 6.74. The van der Waals surface area contributed by atoms with Gasteiger partial charge in [0.2, 0.25) is 0 Å². The largest absolute Gasteiger partial charge is 0.413 e. The van der Waals surface area contributed by atoms with Crippen molar-refractivity contribution in [2.24, 2.45) is 11.8 Å². The fourth-order valence-electron chi connectivity index (χ4n) is 2.65. The van der Waals surface area contributed by atoms with Gasteiger partial charge in [0, 0.05) is 18.3 Å². The molecule has 0 aliphatic heterocycles. The first-order valence-electron chi connectivity index (χ1n) is 6.55. The maximum Gasteiger partial charge on any atom is 0.192 e. The van der Waals surface area contributed by atoms with Crippen LogP contribution >= 0.6 is 23.2 Å². The Labute approximate surface area is 120 Å². The molecule has 0 aromatic heterocycles. The Morgan fingerprint density at radius 3 is 2.28 bits per heavy atom. The lowest BCUT2D eigenvalue weighted by Crippen LogP contribution is -2.55. The van der Waals surface area contributed by atoms with E-state index in [1.54, 1.807) is 0 Å². The molecule has 2 nitrogen and oxygen atoms in total. The Morgan fingerprint density at radius 2 is 1.78 bits per heavy atom. The van der Waals surface area contributed by atoms with Crippen molar-refractivity contribution in [3.63, 3.8) is 0 Å². The van der Waals surface area contributed by atoms with E-state index < -0.39 is 8.32 Å². The SMILES string of the molecule is CC(C)(C)[Si](C)(C)O[C@H]1CC(=O)[C@@H]2C(Cl)C(Cl)[C@H]12. The van der Waals surface area contributed by atoms with Crippen molar-refractivity contribution in [2.45, 2.75) is 62.2 Å². The molecular formula is C13H22Cl2O2Si. The van der Waals surface area contributed by atoms with Gasteiger partial charge in [-0.3, -0.25) is 4.79 Å². The smallest absolute Gasteiger partial charge is 0.192 e. The van der Waals surface area contributed by atoms with Gasteiger partial charge in [-0.15, -0.1) is 23.2 Å². The molecule has 2 saturated carbocycles. The average molecular weight is 309 g/mol. The van der Waals surface area contributed by atoms with Crippen LogP contribution in [0.5, 0.6) is 0 Å². The minimum absolute atomic E-state index is 0.0131. The summed E-state index contributed by atoms with van der Waals surface area (Å²) in [6.07, 6.45) is 0.481. The first-order chi connectivity index (χ1) is 8.06. The monoisotopic (exact) mass is 308 g/mol. The lowest BCUT2D eigenvalue weighted by molar-refractivity contribution is -0.122. The molecule has 2 aliphatic carbocycles. The topological polar surface area (TPSA) is 26.3 Å². The summed E-state index contributed by atoms with van der Waals surface area (Å²) < 4.78 is 6.36. The second-order valence-corrected chi connectivity index (χ2v) is 12.8. The number of halogens is 2. The number of carbonyl (C=O) groups is 1. The zero-order valence-electron chi connectivity index (χ0n) is 11.7. The van der Waals surface area contributed by atoms with Crippen molar-refractivity contribution in [1.82, 2.24) is 0 Å². The van der Waals surface area contributed by atoms with Gasteiger partial charge in [-0.25, -0.2) is 0 Å². The first-order valence-corrected chi connectivity index (χ1v) is 10.3. The lowest BCUT2D eigenvalue weighted by Gasteiger charge is -2.46. The average Bonchev–Trinajstić information content (AvgIpc) is 2.48. The van der Waals surface area contributed by atoms with Crippen LogP contribution in [0, 0.1) is 11.8 Å². The molecule has 18 heavy (non-hydrogen) atoms. The highest BCUT2D eigenvalue weighted by Gasteiger charge is 2.61. The summed E-state index contributed by atoms with van der Waals surface area (Å²) in [7, 11) is -1.84. The molecule has 0 heterocycles. The number of hydrogen-bond acceptors (Lipinski definition) is 2. The van der Waals surface area contributed by atoms with E-state index in [1.165, 1.54) is 0 Å². The van der Waals surface area contributed by atoms with E-state index in [2.05, 4.69) is 33.9 Å². The quantitative estimate of drug-likeness (QED) is 0.573. The van der Waals surface area contributed by atoms with Crippen molar-refractivity contribution in [3.8, 4) is 0 Å². The molecule has 5 atom stereocenters. The maximum absolute atomic E-state index is 11.9. The highest BCUT2D eigenvalue weighted by atomic mass is 35.5. The normalized spacial score (nSPS) is 40.6. The summed E-state index contributed by atoms with van der Waals surface area (Å²) >= 11 is 12.4. The van der Waals surface area contributed by atoms with Gasteiger partial charge in [0.25, 0.3) is 0 Å². The molecule has 2 fully saturated rings. The highest BCUT2D eigenvalue weighted by Crippen LogP contribution is 2.53. The molecule has 0 spiro atoms. The van der Waals surface area contributed by atoms with Crippen LogP contribution in [-0.2, 0) is 9.22 Å². The number of alkyl halides is 2. The number of hydrogen-bond donors (Lipinski definition) is 0. The van der Waals surface area contributed by atoms with E-state index in [1.807, 2.05) is 0 Å². The summed E-state index contributed by atoms with van der Waals surface area (Å²) in [5, 5.41) is -0.157. The van der Waals surface area contributed by atoms with Crippen LogP contribution in [0.3, 0.4) is 0 Å². The van der Waals surface area contributed by atoms with Gasteiger partial charge < -0.3 is 4.43 Å². The third-order valence-electron chi connectivity index (χ3n) is 4.89. The third-order valence-corrected chi connectivity index (χ3v) is 10.6. The minimum atomic E-state index is -1.84. The van der Waals surface area contributed by atoms with E-state index >= 15 is 0 Å². The van der Waals surface area contributed by atoms with Crippen molar-refractivity contribution >= 4 is 37.3 Å². The number of rotatable bonds is 2. The van der Waals surface area contributed by atoms with Crippen LogP contribution in [0.1, 0.15) is 27.2 Å². The number of fused-ring (bicyclic) bond motifs is 1. The van der Waals surface area contributed by atoms with Crippen LogP contribution in [0.25, 0.3) is 0 Å². The fourth-order valence-corrected chi connectivity index (χ4v) is 4.95. The van der Waals surface area contributed by atoms with Crippen LogP contribution < -0.4 is 0 Å². The summed E-state index contributed by atoms with van der Waals surface area (Å²) in [6, 6.07) is 0. The number of carbonyl (C=O) groups excluding carboxylic acids is 1. The van der Waals surface area contributed by atoms with Crippen LogP contribution in [-0.4, -0.2) is 31.0 Å². The molecule has 2 rings (SSSR count). The first kappa shape index (κ1) is 14.8. The molecule has 0 radical (unpaired) electrons. The number of Topliss-reactive ketones (excluding diaryl/α,β-unsaturated/α-hetero) is 1. The zero-order valence-corrected chi connectivity index (χ0v) is 14.2. The Balaban J connectivity index is 2.11. The molecular weight excluding hydrogens is 287 g/mol. The Morgan fingerprint density at radius 1 is 1.22 bits per heavy atom. The van der Waals surface area contributed by atoms with Gasteiger partial charge in [0.1, 0.15) is 5.78 Å². The second-order valence-electron chi connectivity index (χ2n) is 7.08. The van der Waals surface area contributed by atoms with E-state index in [9.17, 15) is 4.79 Å². The molecule has 2 unspecified atom stereocenters. The van der Waals surface area contributed by atoms with Crippen molar-refractivity contribution in [1.29, 1.82) is 0 Å². The van der Waals surface area contributed by atoms with Gasteiger partial charge in [-0.2, -0.15) is 0 Å². The second kappa shape index (κ2) is 4.47. The maximum atomic E-state index is 11.9. The predicted octanol–water partition coefficient (Wildman–Crippen LogP) is 3.81. The molecule has 0 N–H and O–H groups in total. The van der Waals surface area contributed by atoms with Crippen LogP contribution in [0.4, 0.5) is 0 Å².